The Morgan fingerprint density at radius 3 is 3.00 bits per heavy atom. The molecule has 2 aromatic rings. The summed E-state index contributed by atoms with van der Waals surface area (Å²) in [6.45, 7) is 0.796. The van der Waals surface area contributed by atoms with Gasteiger partial charge in [0, 0.05) is 39.2 Å². The lowest BCUT2D eigenvalue weighted by atomic mass is 10.3. The zero-order chi connectivity index (χ0) is 11.4. The number of hydrogen-bond donors (Lipinski definition) is 3. The summed E-state index contributed by atoms with van der Waals surface area (Å²) in [7, 11) is 0. The first-order valence-corrected chi connectivity index (χ1v) is 6.34. The van der Waals surface area contributed by atoms with Crippen LogP contribution in [0.25, 0.3) is 0 Å². The second kappa shape index (κ2) is 5.29. The van der Waals surface area contributed by atoms with Crippen LogP contribution in [0.15, 0.2) is 34.2 Å². The molecule has 0 fully saturated rings. The minimum absolute atomic E-state index is 0.650. The molecule has 4 N–H and O–H groups in total. The second-order valence-electron chi connectivity index (χ2n) is 3.16. The normalized spacial score (nSPS) is 10.1. The maximum atomic E-state index is 5.28. The summed E-state index contributed by atoms with van der Waals surface area (Å²) in [5, 5.41) is 5.37. The molecule has 0 atom stereocenters. The summed E-state index contributed by atoms with van der Waals surface area (Å²) in [6.07, 6.45) is 1.71. The van der Waals surface area contributed by atoms with Gasteiger partial charge in [0.05, 0.1) is 0 Å². The third-order valence-corrected chi connectivity index (χ3v) is 3.69. The molecule has 0 spiro atoms. The van der Waals surface area contributed by atoms with E-state index in [1.54, 1.807) is 17.5 Å². The molecule has 0 amide bonds. The van der Waals surface area contributed by atoms with Gasteiger partial charge in [0.15, 0.2) is 0 Å². The Hall–Kier alpha value is -1.11. The molecule has 0 aliphatic heterocycles. The van der Waals surface area contributed by atoms with Gasteiger partial charge in [0.2, 0.25) is 0 Å². The number of hydrogen-bond acceptors (Lipinski definition) is 5. The van der Waals surface area contributed by atoms with Crippen LogP contribution in [0.5, 0.6) is 0 Å². The fourth-order valence-corrected chi connectivity index (χ4v) is 2.65. The van der Waals surface area contributed by atoms with E-state index in [4.69, 9.17) is 5.84 Å². The molecule has 0 saturated heterocycles. The van der Waals surface area contributed by atoms with Crippen molar-refractivity contribution in [1.82, 2.24) is 4.98 Å². The van der Waals surface area contributed by atoms with Crippen molar-refractivity contribution < 1.29 is 0 Å². The van der Waals surface area contributed by atoms with Crippen molar-refractivity contribution in [3.63, 3.8) is 0 Å². The summed E-state index contributed by atoms with van der Waals surface area (Å²) >= 11 is 5.14. The molecule has 2 rings (SSSR count). The van der Waals surface area contributed by atoms with Crippen LogP contribution in [0, 0.1) is 0 Å². The summed E-state index contributed by atoms with van der Waals surface area (Å²) in [4.78, 5) is 5.31. The highest BCUT2D eigenvalue weighted by atomic mass is 79.9. The second-order valence-corrected chi connectivity index (χ2v) is 5.07. The van der Waals surface area contributed by atoms with Gasteiger partial charge in [-0.15, -0.1) is 11.3 Å². The Balaban J connectivity index is 1.99. The summed E-state index contributed by atoms with van der Waals surface area (Å²) < 4.78 is 1.12. The first kappa shape index (κ1) is 11.4. The summed E-state index contributed by atoms with van der Waals surface area (Å²) in [6, 6.07) is 5.87. The van der Waals surface area contributed by atoms with Gasteiger partial charge in [-0.1, -0.05) is 0 Å². The predicted molar refractivity (Wildman–Crippen MR) is 71.4 cm³/mol. The SMILES string of the molecule is NNc1cc(NCc2cc(Br)cs2)ccn1. The number of thiophene rings is 1. The predicted octanol–water partition coefficient (Wildman–Crippen LogP) is 2.80. The number of rotatable bonds is 4. The average Bonchev–Trinajstić information content (AvgIpc) is 2.73. The molecule has 4 nitrogen and oxygen atoms in total. The fraction of sp³-hybridized carbons (Fsp3) is 0.100. The van der Waals surface area contributed by atoms with E-state index in [0.717, 1.165) is 16.7 Å². The molecule has 0 saturated carbocycles. The number of nitrogens with two attached hydrogens (primary N) is 1. The minimum Gasteiger partial charge on any atom is -0.380 e. The molecule has 0 aromatic carbocycles. The zero-order valence-electron chi connectivity index (χ0n) is 8.40. The smallest absolute Gasteiger partial charge is 0.141 e. The first-order valence-electron chi connectivity index (χ1n) is 4.67. The Labute approximate surface area is 106 Å². The summed E-state index contributed by atoms with van der Waals surface area (Å²) in [5.74, 6) is 5.94. The van der Waals surface area contributed by atoms with E-state index >= 15 is 0 Å². The van der Waals surface area contributed by atoms with Gasteiger partial charge in [0.1, 0.15) is 5.82 Å². The van der Waals surface area contributed by atoms with E-state index in [0.29, 0.717) is 5.82 Å². The number of anilines is 2. The van der Waals surface area contributed by atoms with Gasteiger partial charge < -0.3 is 10.7 Å². The maximum absolute atomic E-state index is 5.28. The average molecular weight is 299 g/mol. The third kappa shape index (κ3) is 2.94. The summed E-state index contributed by atoms with van der Waals surface area (Å²) in [5.41, 5.74) is 3.51. The molecular formula is C10H11BrN4S. The number of nitrogen functional groups attached to an aromatic ring is 1. The molecule has 16 heavy (non-hydrogen) atoms. The molecule has 0 radical (unpaired) electrons. The number of nitrogens with one attached hydrogen (secondary N) is 2. The number of pyridine rings is 1. The fourth-order valence-electron chi connectivity index (χ4n) is 1.26. The molecule has 0 bridgehead atoms. The van der Waals surface area contributed by atoms with E-state index in [2.05, 4.69) is 43.1 Å². The van der Waals surface area contributed by atoms with Crippen molar-refractivity contribution in [2.24, 2.45) is 5.84 Å². The largest absolute Gasteiger partial charge is 0.380 e. The van der Waals surface area contributed by atoms with Crippen molar-refractivity contribution in [2.75, 3.05) is 10.7 Å². The number of halogens is 1. The van der Waals surface area contributed by atoms with E-state index in [-0.39, 0.29) is 0 Å². The van der Waals surface area contributed by atoms with Crippen LogP contribution >= 0.6 is 27.3 Å². The van der Waals surface area contributed by atoms with Gasteiger partial charge in [-0.3, -0.25) is 0 Å². The highest BCUT2D eigenvalue weighted by molar-refractivity contribution is 9.10. The van der Waals surface area contributed by atoms with Crippen molar-refractivity contribution in [3.8, 4) is 0 Å². The van der Waals surface area contributed by atoms with E-state index < -0.39 is 0 Å². The Morgan fingerprint density at radius 2 is 2.31 bits per heavy atom. The van der Waals surface area contributed by atoms with Gasteiger partial charge in [-0.25, -0.2) is 10.8 Å². The van der Waals surface area contributed by atoms with Crippen LogP contribution in [0.1, 0.15) is 4.88 Å². The molecular weight excluding hydrogens is 288 g/mol. The molecule has 2 aromatic heterocycles. The lowest BCUT2D eigenvalue weighted by molar-refractivity contribution is 1.17. The molecule has 2 heterocycles. The van der Waals surface area contributed by atoms with Gasteiger partial charge >= 0.3 is 0 Å². The maximum Gasteiger partial charge on any atom is 0.141 e. The molecule has 0 unspecified atom stereocenters. The molecule has 84 valence electrons. The number of hydrazine groups is 1. The zero-order valence-corrected chi connectivity index (χ0v) is 10.8. The van der Waals surface area contributed by atoms with Crippen LogP contribution in [-0.2, 0) is 6.54 Å². The Kier molecular flexibility index (Phi) is 3.76. The van der Waals surface area contributed by atoms with E-state index in [9.17, 15) is 0 Å². The molecule has 0 aliphatic carbocycles. The minimum atomic E-state index is 0.650. The number of aromatic nitrogens is 1. The quantitative estimate of drug-likeness (QED) is 0.600. The lowest BCUT2D eigenvalue weighted by Gasteiger charge is -2.06. The van der Waals surface area contributed by atoms with Gasteiger partial charge in [0.25, 0.3) is 0 Å². The van der Waals surface area contributed by atoms with Crippen LogP contribution < -0.4 is 16.6 Å². The van der Waals surface area contributed by atoms with Crippen molar-refractivity contribution in [3.05, 3.63) is 39.1 Å². The monoisotopic (exact) mass is 298 g/mol. The highest BCUT2D eigenvalue weighted by Gasteiger charge is 1.98. The van der Waals surface area contributed by atoms with Gasteiger partial charge in [-0.05, 0) is 28.1 Å². The van der Waals surface area contributed by atoms with Crippen LogP contribution in [0.4, 0.5) is 11.5 Å². The van der Waals surface area contributed by atoms with Crippen LogP contribution in [0.2, 0.25) is 0 Å². The van der Waals surface area contributed by atoms with Crippen LogP contribution in [0.3, 0.4) is 0 Å². The topological polar surface area (TPSA) is 63.0 Å². The third-order valence-electron chi connectivity index (χ3n) is 2.00. The Bertz CT molecular complexity index is 471. The van der Waals surface area contributed by atoms with E-state index in [1.165, 1.54) is 4.88 Å². The molecule has 6 heteroatoms. The van der Waals surface area contributed by atoms with Gasteiger partial charge in [-0.2, -0.15) is 0 Å². The van der Waals surface area contributed by atoms with Crippen molar-refractivity contribution in [2.45, 2.75) is 6.54 Å². The number of nitrogens with zero attached hydrogens (tertiary/aromatic N) is 1. The van der Waals surface area contributed by atoms with Crippen LogP contribution in [-0.4, -0.2) is 4.98 Å². The lowest BCUT2D eigenvalue weighted by Crippen LogP contribution is -2.08. The van der Waals surface area contributed by atoms with E-state index in [1.807, 2.05) is 12.1 Å². The first-order chi connectivity index (χ1) is 7.78. The standard InChI is InChI=1S/C10H11BrN4S/c11-7-3-9(16-6-7)5-14-8-1-2-13-10(4-8)15-12/h1-4,6H,5,12H2,(H2,13,14,15). The van der Waals surface area contributed by atoms with Crippen molar-refractivity contribution in [1.29, 1.82) is 0 Å². The highest BCUT2D eigenvalue weighted by Crippen LogP contribution is 2.21. The molecule has 0 aliphatic rings. The van der Waals surface area contributed by atoms with Crippen molar-refractivity contribution >= 4 is 38.8 Å². The Morgan fingerprint density at radius 1 is 1.44 bits per heavy atom.